The molecule has 1 fully saturated rings. The molecule has 1 aliphatic heterocycles. The van der Waals surface area contributed by atoms with Crippen LogP contribution in [0.3, 0.4) is 0 Å². The maximum atomic E-state index is 11.8. The van der Waals surface area contributed by atoms with E-state index in [-0.39, 0.29) is 16.7 Å². The van der Waals surface area contributed by atoms with Gasteiger partial charge in [0.15, 0.2) is 0 Å². The Morgan fingerprint density at radius 3 is 2.14 bits per heavy atom. The van der Waals surface area contributed by atoms with Gasteiger partial charge in [0.05, 0.1) is 0 Å². The molecule has 0 atom stereocenters. The number of carbonyl (C=O) groups is 1. The highest BCUT2D eigenvalue weighted by Gasteiger charge is 2.25. The lowest BCUT2D eigenvalue weighted by atomic mass is 9.84. The van der Waals surface area contributed by atoms with Crippen molar-refractivity contribution >= 4 is 11.6 Å². The van der Waals surface area contributed by atoms with Crippen LogP contribution in [0.25, 0.3) is 0 Å². The van der Waals surface area contributed by atoms with Crippen LogP contribution in [0.5, 0.6) is 5.75 Å². The lowest BCUT2D eigenvalue weighted by molar-refractivity contribution is -0.129. The molecule has 5 heteroatoms. The van der Waals surface area contributed by atoms with E-state index < -0.39 is 0 Å². The maximum absolute atomic E-state index is 11.8. The summed E-state index contributed by atoms with van der Waals surface area (Å²) in [6, 6.07) is 15.3. The van der Waals surface area contributed by atoms with Crippen molar-refractivity contribution in [3.63, 3.8) is 0 Å². The minimum atomic E-state index is 0.0591. The third kappa shape index (κ3) is 7.23. The van der Waals surface area contributed by atoms with Gasteiger partial charge >= 0.3 is 0 Å². The van der Waals surface area contributed by atoms with Crippen LogP contribution in [0.4, 0.5) is 5.69 Å². The van der Waals surface area contributed by atoms with Crippen molar-refractivity contribution in [3.8, 4) is 5.75 Å². The van der Waals surface area contributed by atoms with Crippen LogP contribution in [-0.2, 0) is 22.2 Å². The number of para-hydroxylation sites is 1. The predicted molar refractivity (Wildman–Crippen MR) is 147 cm³/mol. The van der Waals surface area contributed by atoms with Gasteiger partial charge in [0.1, 0.15) is 12.4 Å². The number of carbonyl (C=O) groups excluding carboxylic acids is 1. The first-order chi connectivity index (χ1) is 16.4. The molecule has 2 aromatic carbocycles. The summed E-state index contributed by atoms with van der Waals surface area (Å²) in [7, 11) is 2.15. The quantitative estimate of drug-likeness (QED) is 0.528. The lowest BCUT2D eigenvalue weighted by Crippen LogP contribution is -2.48. The molecule has 1 saturated heterocycles. The molecule has 1 heterocycles. The van der Waals surface area contributed by atoms with Crippen molar-refractivity contribution in [3.05, 3.63) is 59.2 Å². The smallest absolute Gasteiger partial charge is 0.219 e. The SMILES string of the molecule is CC(=O)N1CCN(c2cc(CN(C)CCOc3ccccc3C(C)(C)C)ccc2C(C)(C)C)CC1. The molecule has 0 aliphatic carbocycles. The van der Waals surface area contributed by atoms with E-state index in [9.17, 15) is 4.79 Å². The molecule has 0 bridgehead atoms. The number of hydrogen-bond donors (Lipinski definition) is 0. The fourth-order valence-electron chi connectivity index (χ4n) is 4.75. The summed E-state index contributed by atoms with van der Waals surface area (Å²) in [4.78, 5) is 18.5. The van der Waals surface area contributed by atoms with Crippen molar-refractivity contribution in [1.82, 2.24) is 9.80 Å². The van der Waals surface area contributed by atoms with Crippen LogP contribution in [0.15, 0.2) is 42.5 Å². The van der Waals surface area contributed by atoms with Gasteiger partial charge in [-0.2, -0.15) is 0 Å². The molecule has 0 radical (unpaired) electrons. The number of benzene rings is 2. The highest BCUT2D eigenvalue weighted by molar-refractivity contribution is 5.73. The van der Waals surface area contributed by atoms with Crippen LogP contribution in [-0.4, -0.2) is 62.1 Å². The standard InChI is InChI=1S/C30H45N3O2/c1-23(34)32-15-17-33(18-16-32)27-21-24(13-14-25(27)29(2,3)4)22-31(8)19-20-35-28-12-10-9-11-26(28)30(5,6)7/h9-14,21H,15-20,22H2,1-8H3. The Balaban J connectivity index is 1.66. The van der Waals surface area contributed by atoms with Gasteiger partial charge in [0, 0.05) is 51.9 Å². The summed E-state index contributed by atoms with van der Waals surface area (Å²) in [6.07, 6.45) is 0. The van der Waals surface area contributed by atoms with Crippen molar-refractivity contribution in [2.75, 3.05) is 51.3 Å². The van der Waals surface area contributed by atoms with E-state index in [2.05, 4.69) is 94.8 Å². The minimum Gasteiger partial charge on any atom is -0.492 e. The minimum absolute atomic E-state index is 0.0591. The van der Waals surface area contributed by atoms with Gasteiger partial charge in [-0.15, -0.1) is 0 Å². The Morgan fingerprint density at radius 1 is 0.914 bits per heavy atom. The Bertz CT molecular complexity index is 995. The first kappa shape index (κ1) is 27.1. The number of rotatable bonds is 7. The molecule has 1 amide bonds. The monoisotopic (exact) mass is 479 g/mol. The summed E-state index contributed by atoms with van der Waals surface area (Å²) in [5, 5.41) is 0. The number of anilines is 1. The van der Waals surface area contributed by atoms with Crippen LogP contribution < -0.4 is 9.64 Å². The zero-order chi connectivity index (χ0) is 25.8. The van der Waals surface area contributed by atoms with Gasteiger partial charge in [-0.3, -0.25) is 9.69 Å². The Morgan fingerprint density at radius 2 is 1.54 bits per heavy atom. The molecule has 0 unspecified atom stereocenters. The molecule has 5 nitrogen and oxygen atoms in total. The lowest BCUT2D eigenvalue weighted by Gasteiger charge is -2.38. The number of hydrogen-bond acceptors (Lipinski definition) is 4. The Hall–Kier alpha value is -2.53. The first-order valence-corrected chi connectivity index (χ1v) is 12.9. The van der Waals surface area contributed by atoms with Crippen molar-refractivity contribution in [2.45, 2.75) is 65.8 Å². The van der Waals surface area contributed by atoms with Gasteiger partial charge in [-0.05, 0) is 46.7 Å². The fourth-order valence-corrected chi connectivity index (χ4v) is 4.75. The van der Waals surface area contributed by atoms with Crippen LogP contribution >= 0.6 is 0 Å². The number of amides is 1. The van der Waals surface area contributed by atoms with Gasteiger partial charge in [-0.25, -0.2) is 0 Å². The topological polar surface area (TPSA) is 36.0 Å². The van der Waals surface area contributed by atoms with Gasteiger partial charge in [0.2, 0.25) is 5.91 Å². The second-order valence-electron chi connectivity index (χ2n) is 11.9. The molecule has 1 aliphatic rings. The van der Waals surface area contributed by atoms with Gasteiger partial charge in [0.25, 0.3) is 0 Å². The van der Waals surface area contributed by atoms with Crippen molar-refractivity contribution in [2.24, 2.45) is 0 Å². The van der Waals surface area contributed by atoms with Gasteiger partial charge < -0.3 is 14.5 Å². The summed E-state index contributed by atoms with van der Waals surface area (Å²) in [6.45, 7) is 20.9. The molecule has 35 heavy (non-hydrogen) atoms. The van der Waals surface area contributed by atoms with Crippen molar-refractivity contribution < 1.29 is 9.53 Å². The Kier molecular flexibility index (Phi) is 8.53. The molecular formula is C30H45N3O2. The van der Waals surface area contributed by atoms with E-state index >= 15 is 0 Å². The molecule has 2 aromatic rings. The molecule has 0 saturated carbocycles. The third-order valence-corrected chi connectivity index (χ3v) is 6.81. The molecule has 192 valence electrons. The zero-order valence-electron chi connectivity index (χ0n) is 23.1. The average molecular weight is 480 g/mol. The molecule has 0 N–H and O–H groups in total. The number of piperazine rings is 1. The van der Waals surface area contributed by atoms with E-state index in [1.54, 1.807) is 6.92 Å². The predicted octanol–water partition coefficient (Wildman–Crippen LogP) is 5.46. The van der Waals surface area contributed by atoms with Crippen LogP contribution in [0.2, 0.25) is 0 Å². The van der Waals surface area contributed by atoms with E-state index in [1.165, 1.54) is 22.4 Å². The third-order valence-electron chi connectivity index (χ3n) is 6.81. The van der Waals surface area contributed by atoms with E-state index in [4.69, 9.17) is 4.74 Å². The normalized spacial score (nSPS) is 15.0. The maximum Gasteiger partial charge on any atom is 0.219 e. The fraction of sp³-hybridized carbons (Fsp3) is 0.567. The summed E-state index contributed by atoms with van der Waals surface area (Å²) in [5.41, 5.74) is 5.34. The number of nitrogens with zero attached hydrogens (tertiary/aromatic N) is 3. The summed E-state index contributed by atoms with van der Waals surface area (Å²) < 4.78 is 6.20. The average Bonchev–Trinajstić information content (AvgIpc) is 2.78. The van der Waals surface area contributed by atoms with Crippen LogP contribution in [0, 0.1) is 0 Å². The highest BCUT2D eigenvalue weighted by atomic mass is 16.5. The van der Waals surface area contributed by atoms with E-state index in [0.29, 0.717) is 6.61 Å². The highest BCUT2D eigenvalue weighted by Crippen LogP contribution is 2.34. The summed E-state index contributed by atoms with van der Waals surface area (Å²) in [5.74, 6) is 1.15. The second-order valence-corrected chi connectivity index (χ2v) is 11.9. The Labute approximate surface area is 213 Å². The van der Waals surface area contributed by atoms with Crippen LogP contribution in [0.1, 0.15) is 65.2 Å². The number of likely N-dealkylation sites (N-methyl/N-ethyl adjacent to an activating group) is 1. The molecule has 0 aromatic heterocycles. The molecular weight excluding hydrogens is 434 g/mol. The largest absolute Gasteiger partial charge is 0.492 e. The van der Waals surface area contributed by atoms with Crippen molar-refractivity contribution in [1.29, 1.82) is 0 Å². The first-order valence-electron chi connectivity index (χ1n) is 12.9. The summed E-state index contributed by atoms with van der Waals surface area (Å²) >= 11 is 0. The molecule has 3 rings (SSSR count). The molecule has 0 spiro atoms. The zero-order valence-corrected chi connectivity index (χ0v) is 23.1. The van der Waals surface area contributed by atoms with E-state index in [0.717, 1.165) is 45.0 Å². The second kappa shape index (κ2) is 11.0. The number of ether oxygens (including phenoxy) is 1. The van der Waals surface area contributed by atoms with E-state index in [1.807, 2.05) is 11.0 Å². The van der Waals surface area contributed by atoms with Gasteiger partial charge in [-0.1, -0.05) is 71.9 Å².